The molecule has 1 heterocycles. The monoisotopic (exact) mass is 469 g/mol. The molecular formula is C28H36FNO4. The number of nitrogens with zero attached hydrogens (tertiary/aromatic N) is 1. The molecule has 0 N–H and O–H groups in total. The Bertz CT molecular complexity index is 998. The van der Waals surface area contributed by atoms with Crippen LogP contribution in [0.15, 0.2) is 30.3 Å². The van der Waals surface area contributed by atoms with Crippen LogP contribution in [0.4, 0.5) is 4.39 Å². The van der Waals surface area contributed by atoms with Crippen LogP contribution in [0.2, 0.25) is 0 Å². The Morgan fingerprint density at radius 1 is 1.06 bits per heavy atom. The Morgan fingerprint density at radius 2 is 1.68 bits per heavy atom. The second-order valence-electron chi connectivity index (χ2n) is 10.2. The molecule has 1 aliphatic heterocycles. The third-order valence-electron chi connectivity index (χ3n) is 5.86. The second kappa shape index (κ2) is 11.0. The van der Waals surface area contributed by atoms with E-state index in [1.807, 2.05) is 46.8 Å². The number of hydrogen-bond donors (Lipinski definition) is 0. The average molecular weight is 470 g/mol. The van der Waals surface area contributed by atoms with Crippen molar-refractivity contribution in [2.75, 3.05) is 13.1 Å². The van der Waals surface area contributed by atoms with Crippen LogP contribution in [-0.4, -0.2) is 36.0 Å². The molecule has 6 heteroatoms. The summed E-state index contributed by atoms with van der Waals surface area (Å²) in [5.41, 5.74) is 4.11. The first kappa shape index (κ1) is 25.7. The highest BCUT2D eigenvalue weighted by Gasteiger charge is 2.30. The molecule has 0 spiro atoms. The molecule has 2 fully saturated rings. The van der Waals surface area contributed by atoms with Crippen molar-refractivity contribution >= 4 is 12.4 Å². The lowest BCUT2D eigenvalue weighted by Crippen LogP contribution is -2.28. The van der Waals surface area contributed by atoms with E-state index >= 15 is 0 Å². The summed E-state index contributed by atoms with van der Waals surface area (Å²) in [6.07, 6.45) is 4.20. The molecule has 5 nitrogen and oxygen atoms in total. The SMILES string of the molecule is CC(C)(C)OC=O.Cc1cc(C)cc(OCc2cc(F)c(C(=O)N3CCCC3)cc2C2CC2)c1. The first-order valence-corrected chi connectivity index (χ1v) is 12.0. The number of carbonyl (C=O) groups excluding carboxylic acids is 2. The van der Waals surface area contributed by atoms with Crippen LogP contribution in [0.1, 0.15) is 85.0 Å². The minimum Gasteiger partial charge on any atom is -0.489 e. The van der Waals surface area contributed by atoms with Gasteiger partial charge in [0, 0.05) is 13.1 Å². The maximum absolute atomic E-state index is 14.8. The molecular weight excluding hydrogens is 433 g/mol. The van der Waals surface area contributed by atoms with Crippen molar-refractivity contribution in [2.24, 2.45) is 0 Å². The number of likely N-dealkylation sites (tertiary alicyclic amines) is 1. The molecule has 0 aromatic heterocycles. The molecule has 1 saturated carbocycles. The van der Waals surface area contributed by atoms with Crippen LogP contribution in [0.3, 0.4) is 0 Å². The molecule has 1 aliphatic carbocycles. The number of carbonyl (C=O) groups is 2. The van der Waals surface area contributed by atoms with Crippen LogP contribution in [-0.2, 0) is 16.1 Å². The molecule has 2 aromatic carbocycles. The van der Waals surface area contributed by atoms with Crippen LogP contribution in [0, 0.1) is 19.7 Å². The molecule has 184 valence electrons. The van der Waals surface area contributed by atoms with E-state index < -0.39 is 5.82 Å². The lowest BCUT2D eigenvalue weighted by Gasteiger charge is -2.18. The molecule has 2 aliphatic rings. The third kappa shape index (κ3) is 7.31. The third-order valence-corrected chi connectivity index (χ3v) is 5.86. The quantitative estimate of drug-likeness (QED) is 0.480. The first-order chi connectivity index (χ1) is 16.1. The molecule has 0 bridgehead atoms. The summed E-state index contributed by atoms with van der Waals surface area (Å²) < 4.78 is 25.3. The standard InChI is InChI=1S/C23H26FNO2.C5H10O2/c1-15-9-16(2)11-19(10-15)27-14-18-12-22(24)21(13-20(18)17-5-6-17)23(26)25-7-3-4-8-25;1-5(2,3)7-4-6/h9-13,17H,3-8,14H2,1-2H3;4H,1-3H3. The fourth-order valence-corrected chi connectivity index (χ4v) is 4.11. The van der Waals surface area contributed by atoms with E-state index in [1.54, 1.807) is 11.0 Å². The highest BCUT2D eigenvalue weighted by Crippen LogP contribution is 2.43. The number of benzene rings is 2. The number of ether oxygens (including phenoxy) is 2. The van der Waals surface area contributed by atoms with Crippen molar-refractivity contribution in [3.63, 3.8) is 0 Å². The molecule has 0 unspecified atom stereocenters. The van der Waals surface area contributed by atoms with E-state index in [4.69, 9.17) is 4.74 Å². The van der Waals surface area contributed by atoms with Gasteiger partial charge in [0.2, 0.25) is 0 Å². The van der Waals surface area contributed by atoms with Crippen molar-refractivity contribution in [3.05, 3.63) is 64.0 Å². The lowest BCUT2D eigenvalue weighted by molar-refractivity contribution is -0.138. The Morgan fingerprint density at radius 3 is 2.18 bits per heavy atom. The fourth-order valence-electron chi connectivity index (χ4n) is 4.11. The van der Waals surface area contributed by atoms with Gasteiger partial charge < -0.3 is 14.4 Å². The molecule has 1 amide bonds. The van der Waals surface area contributed by atoms with E-state index in [0.717, 1.165) is 66.8 Å². The number of rotatable bonds is 6. The van der Waals surface area contributed by atoms with Gasteiger partial charge in [-0.15, -0.1) is 0 Å². The number of aryl methyl sites for hydroxylation is 2. The van der Waals surface area contributed by atoms with Gasteiger partial charge in [-0.1, -0.05) is 6.07 Å². The van der Waals surface area contributed by atoms with E-state index in [1.165, 1.54) is 6.07 Å². The summed E-state index contributed by atoms with van der Waals surface area (Å²) in [6.45, 7) is 11.8. The van der Waals surface area contributed by atoms with Crippen molar-refractivity contribution in [2.45, 2.75) is 78.4 Å². The van der Waals surface area contributed by atoms with Crippen molar-refractivity contribution in [3.8, 4) is 5.75 Å². The van der Waals surface area contributed by atoms with Crippen LogP contribution in [0.25, 0.3) is 0 Å². The van der Waals surface area contributed by atoms with Gasteiger partial charge in [0.25, 0.3) is 12.4 Å². The number of hydrogen-bond acceptors (Lipinski definition) is 4. The fraction of sp³-hybridized carbons (Fsp3) is 0.500. The predicted octanol–water partition coefficient (Wildman–Crippen LogP) is 6.09. The van der Waals surface area contributed by atoms with Crippen molar-refractivity contribution in [1.29, 1.82) is 0 Å². The van der Waals surface area contributed by atoms with Gasteiger partial charge in [0.15, 0.2) is 0 Å². The molecule has 4 rings (SSSR count). The molecule has 0 atom stereocenters. The van der Waals surface area contributed by atoms with Gasteiger partial charge in [-0.3, -0.25) is 9.59 Å². The average Bonchev–Trinajstić information content (AvgIpc) is 3.43. The normalized spacial score (nSPS) is 15.4. The summed E-state index contributed by atoms with van der Waals surface area (Å²) in [6, 6.07) is 9.38. The van der Waals surface area contributed by atoms with Gasteiger partial charge >= 0.3 is 0 Å². The molecule has 2 aromatic rings. The summed E-state index contributed by atoms with van der Waals surface area (Å²) in [5.74, 6) is 0.615. The Labute approximate surface area is 202 Å². The van der Waals surface area contributed by atoms with E-state index in [-0.39, 0.29) is 17.1 Å². The van der Waals surface area contributed by atoms with Crippen LogP contribution in [0.5, 0.6) is 5.75 Å². The van der Waals surface area contributed by atoms with Gasteiger partial charge in [-0.25, -0.2) is 4.39 Å². The molecule has 0 radical (unpaired) electrons. The maximum atomic E-state index is 14.8. The Hall–Kier alpha value is -2.89. The number of halogens is 1. The molecule has 34 heavy (non-hydrogen) atoms. The van der Waals surface area contributed by atoms with Gasteiger partial charge in [0.1, 0.15) is 23.8 Å². The zero-order valence-electron chi connectivity index (χ0n) is 20.9. The van der Waals surface area contributed by atoms with Crippen molar-refractivity contribution in [1.82, 2.24) is 4.90 Å². The predicted molar refractivity (Wildman–Crippen MR) is 131 cm³/mol. The highest BCUT2D eigenvalue weighted by molar-refractivity contribution is 5.95. The zero-order valence-corrected chi connectivity index (χ0v) is 20.9. The molecule has 1 saturated heterocycles. The summed E-state index contributed by atoms with van der Waals surface area (Å²) in [5, 5.41) is 0. The summed E-state index contributed by atoms with van der Waals surface area (Å²) >= 11 is 0. The lowest BCUT2D eigenvalue weighted by atomic mass is 9.99. The minimum absolute atomic E-state index is 0.173. The Kier molecular flexibility index (Phi) is 8.34. The zero-order chi connectivity index (χ0) is 24.9. The minimum atomic E-state index is -0.435. The van der Waals surface area contributed by atoms with Gasteiger partial charge in [-0.05, 0) is 113 Å². The van der Waals surface area contributed by atoms with Crippen LogP contribution >= 0.6 is 0 Å². The van der Waals surface area contributed by atoms with Gasteiger partial charge in [0.05, 0.1) is 5.56 Å². The van der Waals surface area contributed by atoms with E-state index in [9.17, 15) is 14.0 Å². The summed E-state index contributed by atoms with van der Waals surface area (Å²) in [4.78, 5) is 24.0. The van der Waals surface area contributed by atoms with Gasteiger partial charge in [-0.2, -0.15) is 0 Å². The highest BCUT2D eigenvalue weighted by atomic mass is 19.1. The second-order valence-corrected chi connectivity index (χ2v) is 10.2. The largest absolute Gasteiger partial charge is 0.489 e. The smallest absolute Gasteiger partial charge is 0.293 e. The Balaban J connectivity index is 0.000000406. The topological polar surface area (TPSA) is 55.8 Å². The van der Waals surface area contributed by atoms with E-state index in [0.29, 0.717) is 19.0 Å². The van der Waals surface area contributed by atoms with Crippen LogP contribution < -0.4 is 4.74 Å². The maximum Gasteiger partial charge on any atom is 0.293 e. The van der Waals surface area contributed by atoms with Crippen molar-refractivity contribution < 1.29 is 23.5 Å². The summed E-state index contributed by atoms with van der Waals surface area (Å²) in [7, 11) is 0. The number of amides is 1. The first-order valence-electron chi connectivity index (χ1n) is 12.0. The van der Waals surface area contributed by atoms with E-state index in [2.05, 4.69) is 10.8 Å².